The molecule has 3 rings (SSSR count). The van der Waals surface area contributed by atoms with Gasteiger partial charge in [-0.1, -0.05) is 43.2 Å². The lowest BCUT2D eigenvalue weighted by molar-refractivity contribution is 0.130. The molecular weight excluding hydrogens is 437 g/mol. The van der Waals surface area contributed by atoms with Crippen molar-refractivity contribution in [2.45, 2.75) is 32.2 Å². The number of nitrogens with two attached hydrogens (primary N) is 1. The Labute approximate surface area is 175 Å². The zero-order chi connectivity index (χ0) is 17.3. The molecule has 6 heteroatoms. The van der Waals surface area contributed by atoms with Gasteiger partial charge in [0.25, 0.3) is 0 Å². The lowest BCUT2D eigenvalue weighted by atomic mass is 10.2. The van der Waals surface area contributed by atoms with E-state index >= 15 is 0 Å². The quantitative estimate of drug-likeness (QED) is 0.408. The molecule has 1 aromatic carbocycles. The summed E-state index contributed by atoms with van der Waals surface area (Å²) in [6.07, 6.45) is 5.16. The van der Waals surface area contributed by atoms with Crippen LogP contribution >= 0.6 is 24.0 Å². The van der Waals surface area contributed by atoms with Gasteiger partial charge in [-0.15, -0.1) is 24.0 Å². The third-order valence-corrected chi connectivity index (χ3v) is 5.33. The fraction of sp³-hybridized carbons (Fsp3) is 0.650. The van der Waals surface area contributed by atoms with E-state index in [9.17, 15) is 0 Å². The van der Waals surface area contributed by atoms with E-state index in [1.807, 2.05) is 0 Å². The predicted molar refractivity (Wildman–Crippen MR) is 120 cm³/mol. The summed E-state index contributed by atoms with van der Waals surface area (Å²) in [5.41, 5.74) is 7.60. The highest BCUT2D eigenvalue weighted by molar-refractivity contribution is 14.0. The molecule has 0 aliphatic carbocycles. The van der Waals surface area contributed by atoms with Gasteiger partial charge in [0.05, 0.1) is 6.54 Å². The molecule has 26 heavy (non-hydrogen) atoms. The van der Waals surface area contributed by atoms with Crippen LogP contribution in [0.4, 0.5) is 0 Å². The van der Waals surface area contributed by atoms with Crippen molar-refractivity contribution in [1.82, 2.24) is 14.7 Å². The summed E-state index contributed by atoms with van der Waals surface area (Å²) >= 11 is 0. The summed E-state index contributed by atoms with van der Waals surface area (Å²) in [6, 6.07) is 10.8. The van der Waals surface area contributed by atoms with E-state index in [1.54, 1.807) is 0 Å². The molecule has 1 aromatic rings. The minimum absolute atomic E-state index is 0. The minimum Gasteiger partial charge on any atom is -0.370 e. The second kappa shape index (κ2) is 11.8. The number of likely N-dealkylation sites (tertiary alicyclic amines) is 1. The molecule has 2 fully saturated rings. The summed E-state index contributed by atoms with van der Waals surface area (Å²) in [6.45, 7) is 9.60. The zero-order valence-corrected chi connectivity index (χ0v) is 18.2. The maximum atomic E-state index is 6.19. The average Bonchev–Trinajstić information content (AvgIpc) is 2.93. The van der Waals surface area contributed by atoms with E-state index in [2.05, 4.69) is 50.0 Å². The van der Waals surface area contributed by atoms with Crippen molar-refractivity contribution in [1.29, 1.82) is 0 Å². The first-order chi connectivity index (χ1) is 12.3. The van der Waals surface area contributed by atoms with Crippen LogP contribution in [-0.4, -0.2) is 73.0 Å². The number of hydrogen-bond donors (Lipinski definition) is 1. The van der Waals surface area contributed by atoms with Gasteiger partial charge < -0.3 is 10.6 Å². The van der Waals surface area contributed by atoms with E-state index in [1.165, 1.54) is 31.2 Å². The van der Waals surface area contributed by atoms with Crippen LogP contribution in [-0.2, 0) is 6.54 Å². The fourth-order valence-electron chi connectivity index (χ4n) is 3.72. The molecule has 2 N–H and O–H groups in total. The zero-order valence-electron chi connectivity index (χ0n) is 15.9. The highest BCUT2D eigenvalue weighted by atomic mass is 127. The van der Waals surface area contributed by atoms with Crippen molar-refractivity contribution in [3.63, 3.8) is 0 Å². The lowest BCUT2D eigenvalue weighted by Crippen LogP contribution is -2.46. The van der Waals surface area contributed by atoms with E-state index in [0.29, 0.717) is 0 Å². The number of nitrogens with zero attached hydrogens (tertiary/aromatic N) is 4. The average molecular weight is 471 g/mol. The highest BCUT2D eigenvalue weighted by Gasteiger charge is 2.16. The summed E-state index contributed by atoms with van der Waals surface area (Å²) in [4.78, 5) is 12.0. The normalized spacial score (nSPS) is 20.5. The van der Waals surface area contributed by atoms with Crippen LogP contribution in [0.15, 0.2) is 35.3 Å². The summed E-state index contributed by atoms with van der Waals surface area (Å²) in [5, 5.41) is 0. The minimum atomic E-state index is 0. The van der Waals surface area contributed by atoms with Crippen LogP contribution in [0.2, 0.25) is 0 Å². The van der Waals surface area contributed by atoms with Crippen molar-refractivity contribution in [2.24, 2.45) is 10.7 Å². The van der Waals surface area contributed by atoms with Crippen LogP contribution in [0.5, 0.6) is 0 Å². The number of piperazine rings is 1. The number of guanidine groups is 1. The largest absolute Gasteiger partial charge is 0.370 e. The predicted octanol–water partition coefficient (Wildman–Crippen LogP) is 2.61. The van der Waals surface area contributed by atoms with Crippen molar-refractivity contribution in [2.75, 3.05) is 52.4 Å². The summed E-state index contributed by atoms with van der Waals surface area (Å²) in [5.74, 6) is 0.754. The molecule has 2 saturated heterocycles. The Morgan fingerprint density at radius 2 is 1.46 bits per heavy atom. The van der Waals surface area contributed by atoms with Crippen molar-refractivity contribution < 1.29 is 0 Å². The second-order valence-corrected chi connectivity index (χ2v) is 7.24. The summed E-state index contributed by atoms with van der Waals surface area (Å²) in [7, 11) is 0. The first-order valence-corrected chi connectivity index (χ1v) is 9.85. The van der Waals surface area contributed by atoms with Gasteiger partial charge in [-0.2, -0.15) is 0 Å². The molecule has 0 aromatic heterocycles. The van der Waals surface area contributed by atoms with Gasteiger partial charge in [-0.3, -0.25) is 14.8 Å². The van der Waals surface area contributed by atoms with Crippen LogP contribution in [0.3, 0.4) is 0 Å². The van der Waals surface area contributed by atoms with Gasteiger partial charge in [0.2, 0.25) is 0 Å². The van der Waals surface area contributed by atoms with Gasteiger partial charge in [0, 0.05) is 52.4 Å². The SMILES string of the molecule is I.NC(=NCCN1CCN(Cc2ccccc2)CC1)N1CCCCCC1. The Morgan fingerprint density at radius 1 is 0.846 bits per heavy atom. The molecule has 0 spiro atoms. The van der Waals surface area contributed by atoms with E-state index < -0.39 is 0 Å². The maximum absolute atomic E-state index is 6.19. The van der Waals surface area contributed by atoms with E-state index in [-0.39, 0.29) is 24.0 Å². The standard InChI is InChI=1S/C20H33N5.HI/c21-20(25-11-6-1-2-7-12-25)22-10-13-23-14-16-24(17-15-23)18-19-8-4-3-5-9-19;/h3-5,8-9H,1-2,6-7,10-18H2,(H2,21,22);1H. The summed E-state index contributed by atoms with van der Waals surface area (Å²) < 4.78 is 0. The number of aliphatic imine (C=N–C) groups is 1. The highest BCUT2D eigenvalue weighted by Crippen LogP contribution is 2.10. The van der Waals surface area contributed by atoms with Crippen molar-refractivity contribution in [3.05, 3.63) is 35.9 Å². The van der Waals surface area contributed by atoms with Gasteiger partial charge in [0.1, 0.15) is 0 Å². The molecule has 5 nitrogen and oxygen atoms in total. The number of benzene rings is 1. The lowest BCUT2D eigenvalue weighted by Gasteiger charge is -2.34. The van der Waals surface area contributed by atoms with Crippen LogP contribution in [0.25, 0.3) is 0 Å². The molecule has 2 heterocycles. The van der Waals surface area contributed by atoms with Gasteiger partial charge in [-0.25, -0.2) is 0 Å². The Kier molecular flexibility index (Phi) is 9.71. The van der Waals surface area contributed by atoms with Gasteiger partial charge >= 0.3 is 0 Å². The molecule has 0 bridgehead atoms. The molecule has 0 saturated carbocycles. The van der Waals surface area contributed by atoms with Gasteiger partial charge in [0.15, 0.2) is 5.96 Å². The smallest absolute Gasteiger partial charge is 0.191 e. The maximum Gasteiger partial charge on any atom is 0.191 e. The molecule has 0 radical (unpaired) electrons. The molecule has 146 valence electrons. The molecule has 0 unspecified atom stereocenters. The van der Waals surface area contributed by atoms with Crippen molar-refractivity contribution in [3.8, 4) is 0 Å². The Hall–Kier alpha value is -0.860. The monoisotopic (exact) mass is 471 g/mol. The molecular formula is C20H34IN5. The molecule has 2 aliphatic rings. The fourth-order valence-corrected chi connectivity index (χ4v) is 3.72. The van der Waals surface area contributed by atoms with E-state index in [0.717, 1.165) is 64.9 Å². The molecule has 0 amide bonds. The van der Waals surface area contributed by atoms with Crippen LogP contribution in [0, 0.1) is 0 Å². The van der Waals surface area contributed by atoms with Crippen LogP contribution in [0.1, 0.15) is 31.2 Å². The third-order valence-electron chi connectivity index (χ3n) is 5.33. The Bertz CT molecular complexity index is 520. The number of halogens is 1. The first-order valence-electron chi connectivity index (χ1n) is 9.85. The molecule has 2 aliphatic heterocycles. The number of rotatable bonds is 5. The first kappa shape index (κ1) is 21.4. The van der Waals surface area contributed by atoms with Gasteiger partial charge in [-0.05, 0) is 18.4 Å². The van der Waals surface area contributed by atoms with Crippen molar-refractivity contribution >= 4 is 29.9 Å². The second-order valence-electron chi connectivity index (χ2n) is 7.24. The third kappa shape index (κ3) is 7.04. The topological polar surface area (TPSA) is 48.1 Å². The van der Waals surface area contributed by atoms with E-state index in [4.69, 9.17) is 5.73 Å². The Balaban J connectivity index is 0.00000243. The van der Waals surface area contributed by atoms with Crippen LogP contribution < -0.4 is 5.73 Å². The number of hydrogen-bond acceptors (Lipinski definition) is 3. The molecule has 0 atom stereocenters. The Morgan fingerprint density at radius 3 is 2.12 bits per heavy atom.